The number of aromatic nitrogens is 4. The van der Waals surface area contributed by atoms with E-state index in [1.807, 2.05) is 4.90 Å². The van der Waals surface area contributed by atoms with Gasteiger partial charge in [-0.1, -0.05) is 11.6 Å². The number of aryl methyl sites for hydroxylation is 1. The van der Waals surface area contributed by atoms with Crippen molar-refractivity contribution in [3.63, 3.8) is 0 Å². The Hall–Kier alpha value is -2.09. The number of H-pyrrole nitrogens is 1. The monoisotopic (exact) mass is 311 g/mol. The minimum atomic E-state index is -0.536. The third-order valence-corrected chi connectivity index (χ3v) is 4.05. The first kappa shape index (κ1) is 13.9. The summed E-state index contributed by atoms with van der Waals surface area (Å²) < 4.78 is 6.20. The zero-order chi connectivity index (χ0) is 15.0. The largest absolute Gasteiger partial charge is 0.434 e. The Kier molecular flexibility index (Phi) is 3.54. The molecular formula is C12H14ClN5O3. The number of piperidine rings is 1. The van der Waals surface area contributed by atoms with Crippen LogP contribution in [0.4, 0.5) is 5.69 Å². The van der Waals surface area contributed by atoms with Crippen molar-refractivity contribution in [2.45, 2.75) is 18.8 Å². The number of nitrogens with one attached hydrogen (secondary N) is 1. The molecule has 112 valence electrons. The van der Waals surface area contributed by atoms with E-state index >= 15 is 0 Å². The number of hydrogen-bond acceptors (Lipinski definition) is 6. The second-order valence-corrected chi connectivity index (χ2v) is 5.36. The molecular weight excluding hydrogens is 298 g/mol. The highest BCUT2D eigenvalue weighted by Crippen LogP contribution is 2.30. The fraction of sp³-hybridized carbons (Fsp3) is 0.500. The fourth-order valence-electron chi connectivity index (χ4n) is 2.51. The van der Waals surface area contributed by atoms with Crippen LogP contribution in [0.5, 0.6) is 0 Å². The Labute approximate surface area is 124 Å². The van der Waals surface area contributed by atoms with Crippen molar-refractivity contribution in [3.05, 3.63) is 38.0 Å². The topological polar surface area (TPSA) is 97.0 Å². The van der Waals surface area contributed by atoms with Crippen LogP contribution in [0.25, 0.3) is 0 Å². The summed E-state index contributed by atoms with van der Waals surface area (Å²) in [7, 11) is 1.56. The molecule has 1 aliphatic rings. The fourth-order valence-corrected chi connectivity index (χ4v) is 2.80. The molecule has 8 nitrogen and oxygen atoms in total. The van der Waals surface area contributed by atoms with Gasteiger partial charge in [-0.2, -0.15) is 5.10 Å². The quantitative estimate of drug-likeness (QED) is 0.867. The molecule has 0 aromatic carbocycles. The Morgan fingerprint density at radius 3 is 2.71 bits per heavy atom. The lowest BCUT2D eigenvalue weighted by Gasteiger charge is -2.32. The molecule has 0 bridgehead atoms. The van der Waals surface area contributed by atoms with Crippen molar-refractivity contribution in [1.29, 1.82) is 0 Å². The number of nitrogens with zero attached hydrogens (tertiary/aromatic N) is 4. The summed E-state index contributed by atoms with van der Waals surface area (Å²) in [6.45, 7) is 1.38. The Balaban J connectivity index is 1.76. The van der Waals surface area contributed by atoms with E-state index in [9.17, 15) is 9.59 Å². The maximum atomic E-state index is 11.8. The van der Waals surface area contributed by atoms with Crippen molar-refractivity contribution in [2.75, 3.05) is 18.0 Å². The van der Waals surface area contributed by atoms with Crippen LogP contribution in [0.3, 0.4) is 0 Å². The van der Waals surface area contributed by atoms with Crippen molar-refractivity contribution in [1.82, 2.24) is 20.0 Å². The first-order valence-electron chi connectivity index (χ1n) is 6.58. The molecule has 21 heavy (non-hydrogen) atoms. The molecule has 0 amide bonds. The normalized spacial score (nSPS) is 16.4. The Bertz CT molecular complexity index is 757. The highest BCUT2D eigenvalue weighted by Gasteiger charge is 2.26. The van der Waals surface area contributed by atoms with E-state index in [1.54, 1.807) is 13.2 Å². The van der Waals surface area contributed by atoms with E-state index in [4.69, 9.17) is 16.0 Å². The molecule has 3 rings (SSSR count). The predicted octanol–water partition coefficient (Wildman–Crippen LogP) is 0.494. The zero-order valence-corrected chi connectivity index (χ0v) is 12.1. The van der Waals surface area contributed by atoms with E-state index in [1.165, 1.54) is 4.68 Å². The molecule has 1 N–H and O–H groups in total. The van der Waals surface area contributed by atoms with Crippen molar-refractivity contribution in [3.8, 4) is 0 Å². The molecule has 3 heterocycles. The summed E-state index contributed by atoms with van der Waals surface area (Å²) in [6, 6.07) is 0. The SMILES string of the molecule is Cn1ncc(N2CCC(c3n[nH]c(=O)o3)CC2)c(Cl)c1=O. The van der Waals surface area contributed by atoms with Gasteiger partial charge in [-0.15, -0.1) is 5.10 Å². The van der Waals surface area contributed by atoms with Gasteiger partial charge in [0.15, 0.2) is 0 Å². The van der Waals surface area contributed by atoms with Gasteiger partial charge in [0.25, 0.3) is 5.56 Å². The van der Waals surface area contributed by atoms with Gasteiger partial charge < -0.3 is 9.32 Å². The summed E-state index contributed by atoms with van der Waals surface area (Å²) in [4.78, 5) is 24.8. The highest BCUT2D eigenvalue weighted by atomic mass is 35.5. The van der Waals surface area contributed by atoms with Gasteiger partial charge in [-0.05, 0) is 12.8 Å². The molecule has 0 radical (unpaired) electrons. The summed E-state index contributed by atoms with van der Waals surface area (Å²) in [5, 5.41) is 10.3. The van der Waals surface area contributed by atoms with Crippen LogP contribution in [0.15, 0.2) is 20.2 Å². The molecule has 2 aromatic rings. The minimum Gasteiger partial charge on any atom is -0.392 e. The first-order chi connectivity index (χ1) is 10.1. The number of aromatic amines is 1. The lowest BCUT2D eigenvalue weighted by Crippen LogP contribution is -2.35. The van der Waals surface area contributed by atoms with Gasteiger partial charge in [0, 0.05) is 26.1 Å². The third kappa shape index (κ3) is 2.58. The number of hydrogen-bond donors (Lipinski definition) is 1. The average Bonchev–Trinajstić information content (AvgIpc) is 2.92. The molecule has 9 heteroatoms. The molecule has 0 aliphatic carbocycles. The summed E-state index contributed by atoms with van der Waals surface area (Å²) in [5.74, 6) is -0.00226. The molecule has 1 fully saturated rings. The molecule has 0 unspecified atom stereocenters. The standard InChI is InChI=1S/C12H14ClN5O3/c1-17-11(19)9(13)8(6-14-17)18-4-2-7(3-5-18)10-15-16-12(20)21-10/h6-7H,2-5H2,1H3,(H,16,20). The number of anilines is 1. The van der Waals surface area contributed by atoms with Crippen LogP contribution in [0.1, 0.15) is 24.7 Å². The number of rotatable bonds is 2. The lowest BCUT2D eigenvalue weighted by molar-refractivity contribution is 0.379. The van der Waals surface area contributed by atoms with Crippen molar-refractivity contribution >= 4 is 17.3 Å². The Morgan fingerprint density at radius 1 is 1.38 bits per heavy atom. The van der Waals surface area contributed by atoms with Crippen LogP contribution in [-0.4, -0.2) is 33.1 Å². The van der Waals surface area contributed by atoms with Gasteiger partial charge in [0.2, 0.25) is 5.89 Å². The summed E-state index contributed by atoms with van der Waals surface area (Å²) >= 11 is 6.10. The van der Waals surface area contributed by atoms with Gasteiger partial charge in [0.05, 0.1) is 11.9 Å². The van der Waals surface area contributed by atoms with Crippen LogP contribution in [0.2, 0.25) is 5.02 Å². The van der Waals surface area contributed by atoms with Crippen molar-refractivity contribution in [2.24, 2.45) is 7.05 Å². The second-order valence-electron chi connectivity index (χ2n) is 4.99. The molecule has 0 atom stereocenters. The predicted molar refractivity (Wildman–Crippen MR) is 75.8 cm³/mol. The third-order valence-electron chi connectivity index (χ3n) is 3.70. The van der Waals surface area contributed by atoms with Gasteiger partial charge in [0.1, 0.15) is 5.02 Å². The maximum Gasteiger partial charge on any atom is 0.434 e. The first-order valence-corrected chi connectivity index (χ1v) is 6.96. The maximum absolute atomic E-state index is 11.8. The van der Waals surface area contributed by atoms with E-state index in [0.29, 0.717) is 24.7 Å². The van der Waals surface area contributed by atoms with E-state index in [2.05, 4.69) is 15.3 Å². The lowest BCUT2D eigenvalue weighted by atomic mass is 9.96. The van der Waals surface area contributed by atoms with Gasteiger partial charge in [-0.25, -0.2) is 14.6 Å². The van der Waals surface area contributed by atoms with Gasteiger partial charge in [-0.3, -0.25) is 4.79 Å². The molecule has 1 saturated heterocycles. The van der Waals surface area contributed by atoms with Crippen LogP contribution in [-0.2, 0) is 7.05 Å². The van der Waals surface area contributed by atoms with Crippen molar-refractivity contribution < 1.29 is 4.42 Å². The zero-order valence-electron chi connectivity index (χ0n) is 11.4. The number of halogens is 1. The van der Waals surface area contributed by atoms with E-state index < -0.39 is 5.76 Å². The highest BCUT2D eigenvalue weighted by molar-refractivity contribution is 6.33. The smallest absolute Gasteiger partial charge is 0.392 e. The minimum absolute atomic E-state index is 0.0958. The average molecular weight is 312 g/mol. The van der Waals surface area contributed by atoms with Crippen LogP contribution in [0, 0.1) is 0 Å². The van der Waals surface area contributed by atoms with E-state index in [-0.39, 0.29) is 16.5 Å². The van der Waals surface area contributed by atoms with Gasteiger partial charge >= 0.3 is 5.76 Å². The summed E-state index contributed by atoms with van der Waals surface area (Å²) in [5.41, 5.74) is 0.330. The molecule has 0 spiro atoms. The van der Waals surface area contributed by atoms with E-state index in [0.717, 1.165) is 12.8 Å². The summed E-state index contributed by atoms with van der Waals surface area (Å²) in [6.07, 6.45) is 3.12. The molecule has 0 saturated carbocycles. The van der Waals surface area contributed by atoms with Crippen LogP contribution < -0.4 is 16.2 Å². The van der Waals surface area contributed by atoms with Crippen LogP contribution >= 0.6 is 11.6 Å². The molecule has 1 aliphatic heterocycles. The molecule has 2 aromatic heterocycles. The Morgan fingerprint density at radius 2 is 2.10 bits per heavy atom. The second kappa shape index (κ2) is 5.36.